The number of carbonyl (C=O) groups is 2. The number of rotatable bonds is 7. The molecule has 0 rings (SSSR count). The molecule has 92 valence electrons. The largest absolute Gasteiger partial charge is 0.355 e. The predicted octanol–water partition coefficient (Wildman–Crippen LogP) is 1.18. The van der Waals surface area contributed by atoms with E-state index in [1.807, 2.05) is 0 Å². The number of nitrogens with zero attached hydrogens (tertiary/aromatic N) is 1. The first-order valence-corrected chi connectivity index (χ1v) is 5.60. The van der Waals surface area contributed by atoms with E-state index in [1.165, 1.54) is 11.8 Å². The normalized spacial score (nSPS) is 10.0. The van der Waals surface area contributed by atoms with Crippen molar-refractivity contribution in [2.24, 2.45) is 5.92 Å². The maximum atomic E-state index is 11.5. The highest BCUT2D eigenvalue weighted by Gasteiger charge is 2.11. The summed E-state index contributed by atoms with van der Waals surface area (Å²) in [5, 5.41) is 2.79. The lowest BCUT2D eigenvalue weighted by molar-refractivity contribution is -0.133. The zero-order valence-corrected chi connectivity index (χ0v) is 10.5. The van der Waals surface area contributed by atoms with Gasteiger partial charge in [-0.2, -0.15) is 0 Å². The minimum Gasteiger partial charge on any atom is -0.355 e. The van der Waals surface area contributed by atoms with Crippen molar-refractivity contribution in [2.45, 2.75) is 27.2 Å². The molecule has 0 aromatic carbocycles. The Balaban J connectivity index is 3.91. The first-order chi connectivity index (χ1) is 7.47. The van der Waals surface area contributed by atoms with Gasteiger partial charge in [0.05, 0.1) is 6.54 Å². The van der Waals surface area contributed by atoms with Crippen LogP contribution in [0.3, 0.4) is 0 Å². The van der Waals surface area contributed by atoms with Gasteiger partial charge in [-0.3, -0.25) is 9.59 Å². The molecule has 0 unspecified atom stereocenters. The van der Waals surface area contributed by atoms with Gasteiger partial charge in [0.1, 0.15) is 0 Å². The topological polar surface area (TPSA) is 49.4 Å². The van der Waals surface area contributed by atoms with Gasteiger partial charge in [0, 0.05) is 20.0 Å². The smallest absolute Gasteiger partial charge is 0.239 e. The fraction of sp³-hybridized carbons (Fsp3) is 0.667. The Hall–Kier alpha value is -1.32. The van der Waals surface area contributed by atoms with Gasteiger partial charge < -0.3 is 10.2 Å². The van der Waals surface area contributed by atoms with E-state index in [2.05, 4.69) is 25.7 Å². The summed E-state index contributed by atoms with van der Waals surface area (Å²) < 4.78 is 0. The Morgan fingerprint density at radius 3 is 2.50 bits per heavy atom. The molecule has 0 atom stereocenters. The summed E-state index contributed by atoms with van der Waals surface area (Å²) in [6.45, 7) is 10.4. The van der Waals surface area contributed by atoms with E-state index in [1.54, 1.807) is 6.08 Å². The molecular formula is C12H22N2O2. The number of amides is 2. The molecule has 16 heavy (non-hydrogen) atoms. The molecule has 0 saturated carbocycles. The molecule has 0 radical (unpaired) electrons. The van der Waals surface area contributed by atoms with Crippen LogP contribution in [-0.4, -0.2) is 36.3 Å². The van der Waals surface area contributed by atoms with Gasteiger partial charge in [-0.25, -0.2) is 0 Å². The van der Waals surface area contributed by atoms with Gasteiger partial charge >= 0.3 is 0 Å². The van der Waals surface area contributed by atoms with E-state index in [9.17, 15) is 9.59 Å². The van der Waals surface area contributed by atoms with Crippen molar-refractivity contribution in [1.29, 1.82) is 0 Å². The molecule has 0 aromatic rings. The van der Waals surface area contributed by atoms with Crippen LogP contribution >= 0.6 is 0 Å². The molecule has 4 heteroatoms. The summed E-state index contributed by atoms with van der Waals surface area (Å²) in [6.07, 6.45) is 2.57. The lowest BCUT2D eigenvalue weighted by Crippen LogP contribution is -2.40. The number of nitrogens with one attached hydrogen (secondary N) is 1. The SMILES string of the molecule is C=CCN(CC(=O)NCCC(C)C)C(C)=O. The molecular weight excluding hydrogens is 204 g/mol. The van der Waals surface area contributed by atoms with Gasteiger partial charge in [0.25, 0.3) is 0 Å². The zero-order chi connectivity index (χ0) is 12.6. The molecule has 1 N–H and O–H groups in total. The monoisotopic (exact) mass is 226 g/mol. The molecule has 0 saturated heterocycles. The summed E-state index contributed by atoms with van der Waals surface area (Å²) in [7, 11) is 0. The average molecular weight is 226 g/mol. The van der Waals surface area contributed by atoms with Crippen LogP contribution in [0.2, 0.25) is 0 Å². The minimum atomic E-state index is -0.113. The first kappa shape index (κ1) is 14.7. The fourth-order valence-electron chi connectivity index (χ4n) is 1.19. The van der Waals surface area contributed by atoms with E-state index in [4.69, 9.17) is 0 Å². The van der Waals surface area contributed by atoms with Crippen LogP contribution < -0.4 is 5.32 Å². The Labute approximate surface area is 97.7 Å². The van der Waals surface area contributed by atoms with Crippen molar-refractivity contribution in [3.05, 3.63) is 12.7 Å². The standard InChI is InChI=1S/C12H22N2O2/c1-5-8-14(11(4)15)9-12(16)13-7-6-10(2)3/h5,10H,1,6-9H2,2-4H3,(H,13,16). The minimum absolute atomic E-state index is 0.111. The highest BCUT2D eigenvalue weighted by atomic mass is 16.2. The van der Waals surface area contributed by atoms with Crippen molar-refractivity contribution < 1.29 is 9.59 Å². The van der Waals surface area contributed by atoms with Crippen molar-refractivity contribution in [1.82, 2.24) is 10.2 Å². The van der Waals surface area contributed by atoms with Crippen molar-refractivity contribution in [3.8, 4) is 0 Å². The predicted molar refractivity (Wildman–Crippen MR) is 64.9 cm³/mol. The third-order valence-corrected chi connectivity index (χ3v) is 2.17. The molecule has 0 aliphatic carbocycles. The fourth-order valence-corrected chi connectivity index (χ4v) is 1.19. The molecule has 0 aliphatic heterocycles. The second-order valence-electron chi connectivity index (χ2n) is 4.22. The molecule has 0 heterocycles. The molecule has 0 spiro atoms. The van der Waals surface area contributed by atoms with Crippen LogP contribution in [-0.2, 0) is 9.59 Å². The first-order valence-electron chi connectivity index (χ1n) is 5.60. The summed E-state index contributed by atoms with van der Waals surface area (Å²) in [4.78, 5) is 24.1. The maximum Gasteiger partial charge on any atom is 0.239 e. The molecule has 0 aromatic heterocycles. The van der Waals surface area contributed by atoms with Gasteiger partial charge in [-0.1, -0.05) is 19.9 Å². The highest BCUT2D eigenvalue weighted by Crippen LogP contribution is 1.96. The third kappa shape index (κ3) is 7.04. The summed E-state index contributed by atoms with van der Waals surface area (Å²) in [6, 6.07) is 0. The Kier molecular flexibility index (Phi) is 7.25. The summed E-state index contributed by atoms with van der Waals surface area (Å²) in [5.41, 5.74) is 0. The highest BCUT2D eigenvalue weighted by molar-refractivity contribution is 5.83. The molecule has 0 bridgehead atoms. The number of hydrogen-bond acceptors (Lipinski definition) is 2. The van der Waals surface area contributed by atoms with Crippen LogP contribution in [0.15, 0.2) is 12.7 Å². The maximum absolute atomic E-state index is 11.5. The van der Waals surface area contributed by atoms with Gasteiger partial charge in [0.2, 0.25) is 11.8 Å². The quantitative estimate of drug-likeness (QED) is 0.663. The molecule has 0 aliphatic rings. The number of carbonyl (C=O) groups excluding carboxylic acids is 2. The van der Waals surface area contributed by atoms with Crippen LogP contribution in [0.4, 0.5) is 0 Å². The van der Waals surface area contributed by atoms with Crippen LogP contribution in [0.5, 0.6) is 0 Å². The second-order valence-corrected chi connectivity index (χ2v) is 4.22. The second kappa shape index (κ2) is 7.91. The van der Waals surface area contributed by atoms with Gasteiger partial charge in [-0.05, 0) is 12.3 Å². The van der Waals surface area contributed by atoms with E-state index < -0.39 is 0 Å². The van der Waals surface area contributed by atoms with Gasteiger partial charge in [0.15, 0.2) is 0 Å². The molecule has 0 fully saturated rings. The van der Waals surface area contributed by atoms with Gasteiger partial charge in [-0.15, -0.1) is 6.58 Å². The lowest BCUT2D eigenvalue weighted by Gasteiger charge is -2.18. The summed E-state index contributed by atoms with van der Waals surface area (Å²) >= 11 is 0. The molecule has 2 amide bonds. The van der Waals surface area contributed by atoms with Crippen molar-refractivity contribution in [2.75, 3.05) is 19.6 Å². The lowest BCUT2D eigenvalue weighted by atomic mass is 10.1. The number of hydrogen-bond donors (Lipinski definition) is 1. The van der Waals surface area contributed by atoms with E-state index >= 15 is 0 Å². The Morgan fingerprint density at radius 1 is 1.44 bits per heavy atom. The van der Waals surface area contributed by atoms with E-state index in [0.29, 0.717) is 19.0 Å². The third-order valence-electron chi connectivity index (χ3n) is 2.17. The average Bonchev–Trinajstić information content (AvgIpc) is 2.16. The van der Waals surface area contributed by atoms with E-state index in [0.717, 1.165) is 6.42 Å². The Morgan fingerprint density at radius 2 is 2.06 bits per heavy atom. The molecule has 4 nitrogen and oxygen atoms in total. The summed E-state index contributed by atoms with van der Waals surface area (Å²) in [5.74, 6) is 0.342. The van der Waals surface area contributed by atoms with Crippen molar-refractivity contribution in [3.63, 3.8) is 0 Å². The van der Waals surface area contributed by atoms with Crippen LogP contribution in [0, 0.1) is 5.92 Å². The van der Waals surface area contributed by atoms with E-state index in [-0.39, 0.29) is 18.4 Å². The zero-order valence-electron chi connectivity index (χ0n) is 10.5. The van der Waals surface area contributed by atoms with Crippen molar-refractivity contribution >= 4 is 11.8 Å². The van der Waals surface area contributed by atoms with Crippen LogP contribution in [0.25, 0.3) is 0 Å². The Bertz CT molecular complexity index is 249. The van der Waals surface area contributed by atoms with Crippen LogP contribution in [0.1, 0.15) is 27.2 Å².